The number of carbonyl (C=O) groups is 2. The van der Waals surface area contributed by atoms with E-state index in [4.69, 9.17) is 4.74 Å². The summed E-state index contributed by atoms with van der Waals surface area (Å²) in [5, 5.41) is 5.89. The zero-order valence-electron chi connectivity index (χ0n) is 17.1. The molecular formula is C26H22N2O3. The van der Waals surface area contributed by atoms with Crippen molar-refractivity contribution in [3.63, 3.8) is 0 Å². The Bertz CT molecular complexity index is 1210. The molecule has 2 amide bonds. The SMILES string of the molecule is COc1ccc(C(=O)Nc2cccc(/C=C3\C(=O)Nc4cc(C5CC5)ccc43)c2)cc1. The maximum Gasteiger partial charge on any atom is 0.256 e. The Morgan fingerprint density at radius 1 is 1.06 bits per heavy atom. The van der Waals surface area contributed by atoms with Crippen LogP contribution in [0.3, 0.4) is 0 Å². The molecule has 2 N–H and O–H groups in total. The Morgan fingerprint density at radius 3 is 2.61 bits per heavy atom. The van der Waals surface area contributed by atoms with Gasteiger partial charge in [-0.15, -0.1) is 0 Å². The molecule has 1 heterocycles. The first-order valence-corrected chi connectivity index (χ1v) is 10.3. The summed E-state index contributed by atoms with van der Waals surface area (Å²) in [6.07, 6.45) is 4.32. The maximum absolute atomic E-state index is 12.6. The molecule has 1 aliphatic carbocycles. The zero-order valence-corrected chi connectivity index (χ0v) is 17.1. The van der Waals surface area contributed by atoms with Crippen molar-refractivity contribution in [2.75, 3.05) is 17.7 Å². The molecule has 5 heteroatoms. The summed E-state index contributed by atoms with van der Waals surface area (Å²) in [7, 11) is 1.59. The van der Waals surface area contributed by atoms with Crippen LogP contribution in [0.15, 0.2) is 66.7 Å². The zero-order chi connectivity index (χ0) is 21.4. The smallest absolute Gasteiger partial charge is 0.256 e. The van der Waals surface area contributed by atoms with Crippen LogP contribution < -0.4 is 15.4 Å². The lowest BCUT2D eigenvalue weighted by Crippen LogP contribution is -2.11. The number of methoxy groups -OCH3 is 1. The lowest BCUT2D eigenvalue weighted by molar-refractivity contribution is -0.110. The summed E-state index contributed by atoms with van der Waals surface area (Å²) in [4.78, 5) is 25.1. The van der Waals surface area contributed by atoms with Crippen molar-refractivity contribution in [2.45, 2.75) is 18.8 Å². The number of ether oxygens (including phenoxy) is 1. The third kappa shape index (κ3) is 3.94. The van der Waals surface area contributed by atoms with E-state index in [0.29, 0.717) is 28.5 Å². The summed E-state index contributed by atoms with van der Waals surface area (Å²) in [6, 6.07) is 20.6. The second-order valence-electron chi connectivity index (χ2n) is 7.90. The van der Waals surface area contributed by atoms with Crippen LogP contribution in [0.25, 0.3) is 11.6 Å². The van der Waals surface area contributed by atoms with Crippen LogP contribution in [0.2, 0.25) is 0 Å². The molecule has 0 radical (unpaired) electrons. The van der Waals surface area contributed by atoms with Gasteiger partial charge in [-0.25, -0.2) is 0 Å². The van der Waals surface area contributed by atoms with E-state index < -0.39 is 0 Å². The number of hydrogen-bond acceptors (Lipinski definition) is 3. The van der Waals surface area contributed by atoms with Gasteiger partial charge < -0.3 is 15.4 Å². The van der Waals surface area contributed by atoms with Crippen molar-refractivity contribution in [3.8, 4) is 5.75 Å². The van der Waals surface area contributed by atoms with E-state index in [0.717, 1.165) is 16.8 Å². The lowest BCUT2D eigenvalue weighted by atomic mass is 10.0. The fourth-order valence-electron chi connectivity index (χ4n) is 3.84. The number of rotatable bonds is 5. The molecule has 3 aromatic rings. The van der Waals surface area contributed by atoms with Gasteiger partial charge in [0.25, 0.3) is 11.8 Å². The summed E-state index contributed by atoms with van der Waals surface area (Å²) < 4.78 is 5.13. The summed E-state index contributed by atoms with van der Waals surface area (Å²) in [5.74, 6) is 1.03. The van der Waals surface area contributed by atoms with Crippen molar-refractivity contribution in [2.24, 2.45) is 0 Å². The van der Waals surface area contributed by atoms with Gasteiger partial charge >= 0.3 is 0 Å². The monoisotopic (exact) mass is 410 g/mol. The Balaban J connectivity index is 1.37. The first kappa shape index (κ1) is 19.1. The predicted molar refractivity (Wildman–Crippen MR) is 122 cm³/mol. The minimum Gasteiger partial charge on any atom is -0.497 e. The molecule has 0 aromatic heterocycles. The van der Waals surface area contributed by atoms with Gasteiger partial charge in [-0.1, -0.05) is 24.3 Å². The molecule has 0 bridgehead atoms. The van der Waals surface area contributed by atoms with Crippen LogP contribution >= 0.6 is 0 Å². The van der Waals surface area contributed by atoms with Crippen molar-refractivity contribution >= 4 is 34.8 Å². The van der Waals surface area contributed by atoms with Gasteiger partial charge in [-0.3, -0.25) is 9.59 Å². The maximum atomic E-state index is 12.6. The van der Waals surface area contributed by atoms with Gasteiger partial charge in [-0.05, 0) is 78.4 Å². The standard InChI is InChI=1S/C26H22N2O3/c1-31-21-10-7-18(8-11-21)25(29)27-20-4-2-3-16(13-20)14-23-22-12-9-19(17-5-6-17)15-24(22)28-26(23)30/h2-4,7-15,17H,5-6H2,1H3,(H,27,29)(H,28,30)/b23-14-. The van der Waals surface area contributed by atoms with E-state index in [1.165, 1.54) is 18.4 Å². The third-order valence-electron chi connectivity index (χ3n) is 5.68. The van der Waals surface area contributed by atoms with Crippen LogP contribution in [0.4, 0.5) is 11.4 Å². The molecule has 1 saturated carbocycles. The first-order chi connectivity index (χ1) is 15.1. The van der Waals surface area contributed by atoms with Crippen molar-refractivity contribution < 1.29 is 14.3 Å². The van der Waals surface area contributed by atoms with Crippen molar-refractivity contribution in [3.05, 3.63) is 89.0 Å². The van der Waals surface area contributed by atoms with E-state index in [-0.39, 0.29) is 11.8 Å². The van der Waals surface area contributed by atoms with Gasteiger partial charge in [0.1, 0.15) is 5.75 Å². The molecule has 31 heavy (non-hydrogen) atoms. The number of nitrogens with one attached hydrogen (secondary N) is 2. The van der Waals surface area contributed by atoms with Gasteiger partial charge in [0.05, 0.1) is 7.11 Å². The van der Waals surface area contributed by atoms with E-state index in [2.05, 4.69) is 22.8 Å². The minimum atomic E-state index is -0.205. The molecule has 1 fully saturated rings. The molecule has 5 nitrogen and oxygen atoms in total. The molecule has 0 saturated heterocycles. The summed E-state index contributed by atoms with van der Waals surface area (Å²) in [5.41, 5.74) is 5.78. The lowest BCUT2D eigenvalue weighted by Gasteiger charge is -2.07. The fraction of sp³-hybridized carbons (Fsp3) is 0.154. The molecule has 0 unspecified atom stereocenters. The minimum absolute atomic E-state index is 0.101. The largest absolute Gasteiger partial charge is 0.497 e. The average Bonchev–Trinajstić information content (AvgIpc) is 3.59. The number of fused-ring (bicyclic) bond motifs is 1. The van der Waals surface area contributed by atoms with Crippen LogP contribution in [0, 0.1) is 0 Å². The molecule has 0 spiro atoms. The van der Waals surface area contributed by atoms with Crippen LogP contribution in [0.5, 0.6) is 5.75 Å². The average molecular weight is 410 g/mol. The highest BCUT2D eigenvalue weighted by Crippen LogP contribution is 2.43. The summed E-state index contributed by atoms with van der Waals surface area (Å²) in [6.45, 7) is 0. The second kappa shape index (κ2) is 7.76. The molecule has 0 atom stereocenters. The third-order valence-corrected chi connectivity index (χ3v) is 5.68. The van der Waals surface area contributed by atoms with Crippen molar-refractivity contribution in [1.82, 2.24) is 0 Å². The van der Waals surface area contributed by atoms with E-state index in [9.17, 15) is 9.59 Å². The van der Waals surface area contributed by atoms with Crippen LogP contribution in [-0.4, -0.2) is 18.9 Å². The Morgan fingerprint density at radius 2 is 1.87 bits per heavy atom. The highest BCUT2D eigenvalue weighted by atomic mass is 16.5. The summed E-state index contributed by atoms with van der Waals surface area (Å²) >= 11 is 0. The molecule has 2 aliphatic rings. The Labute approximate surface area is 180 Å². The molecule has 1 aliphatic heterocycles. The topological polar surface area (TPSA) is 67.4 Å². The number of benzene rings is 3. The van der Waals surface area contributed by atoms with Gasteiger partial charge in [-0.2, -0.15) is 0 Å². The van der Waals surface area contributed by atoms with Crippen LogP contribution in [-0.2, 0) is 4.79 Å². The fourth-order valence-corrected chi connectivity index (χ4v) is 3.84. The van der Waals surface area contributed by atoms with Gasteiger partial charge in [0.2, 0.25) is 0 Å². The number of carbonyl (C=O) groups excluding carboxylic acids is 2. The Hall–Kier alpha value is -3.86. The highest BCUT2D eigenvalue weighted by Gasteiger charge is 2.28. The number of hydrogen-bond donors (Lipinski definition) is 2. The normalized spacial score (nSPS) is 16.0. The molecule has 5 rings (SSSR count). The Kier molecular flexibility index (Phi) is 4.79. The second-order valence-corrected chi connectivity index (χ2v) is 7.90. The quantitative estimate of drug-likeness (QED) is 0.560. The predicted octanol–water partition coefficient (Wildman–Crippen LogP) is 5.32. The first-order valence-electron chi connectivity index (χ1n) is 10.3. The van der Waals surface area contributed by atoms with Crippen LogP contribution in [0.1, 0.15) is 45.8 Å². The molecule has 154 valence electrons. The van der Waals surface area contributed by atoms with Gasteiger partial charge in [0.15, 0.2) is 0 Å². The van der Waals surface area contributed by atoms with E-state index in [1.54, 1.807) is 31.4 Å². The number of anilines is 2. The van der Waals surface area contributed by atoms with E-state index >= 15 is 0 Å². The number of amides is 2. The molecule has 3 aromatic carbocycles. The van der Waals surface area contributed by atoms with Gasteiger partial charge in [0, 0.05) is 28.1 Å². The molecular weight excluding hydrogens is 388 g/mol. The van der Waals surface area contributed by atoms with Crippen molar-refractivity contribution in [1.29, 1.82) is 0 Å². The van der Waals surface area contributed by atoms with E-state index in [1.807, 2.05) is 36.4 Å². The highest BCUT2D eigenvalue weighted by molar-refractivity contribution is 6.35.